The molecule has 0 heterocycles. The number of rotatable bonds is 0. The van der Waals surface area contributed by atoms with Crippen molar-refractivity contribution >= 4 is 27.5 Å². The van der Waals surface area contributed by atoms with Crippen LogP contribution in [-0.2, 0) is 9.59 Å². The van der Waals surface area contributed by atoms with E-state index in [4.69, 9.17) is 0 Å². The minimum Gasteiger partial charge on any atom is -0.290 e. The first-order valence-electron chi connectivity index (χ1n) is 8.79. The van der Waals surface area contributed by atoms with Crippen molar-refractivity contribution in [1.29, 1.82) is 0 Å². The minimum atomic E-state index is -0.479. The Hall–Kier alpha value is -0.440. The van der Waals surface area contributed by atoms with Crippen LogP contribution in [0.4, 0.5) is 0 Å². The van der Waals surface area contributed by atoms with Crippen LogP contribution in [0.3, 0.4) is 0 Å². The highest BCUT2D eigenvalue weighted by Crippen LogP contribution is 2.65. The molecular weight excluding hydrogens is 340 g/mol. The molecule has 0 aliphatic heterocycles. The number of hydrogen-bond acceptors (Lipinski definition) is 2. The maximum Gasteiger partial charge on any atom is 0.221 e. The van der Waals surface area contributed by atoms with Gasteiger partial charge in [0.1, 0.15) is 0 Å². The molecule has 2 nitrogen and oxygen atoms in total. The van der Waals surface area contributed by atoms with Gasteiger partial charge in [0.05, 0.1) is 0 Å². The van der Waals surface area contributed by atoms with Crippen molar-refractivity contribution in [3.8, 4) is 0 Å². The number of alkyl halides is 1. The van der Waals surface area contributed by atoms with Gasteiger partial charge in [-0.3, -0.25) is 9.59 Å². The van der Waals surface area contributed by atoms with Gasteiger partial charge < -0.3 is 0 Å². The van der Waals surface area contributed by atoms with Gasteiger partial charge in [-0.2, -0.15) is 0 Å². The largest absolute Gasteiger partial charge is 0.290 e. The third-order valence-electron chi connectivity index (χ3n) is 7.74. The van der Waals surface area contributed by atoms with E-state index in [0.717, 1.165) is 18.8 Å². The van der Waals surface area contributed by atoms with Crippen LogP contribution in [0.1, 0.15) is 52.4 Å². The summed E-state index contributed by atoms with van der Waals surface area (Å²) in [5, 5.41) is 0. The first kappa shape index (κ1) is 15.1. The third-order valence-corrected chi connectivity index (χ3v) is 8.68. The molecule has 3 saturated carbocycles. The van der Waals surface area contributed by atoms with Gasteiger partial charge in [-0.1, -0.05) is 42.3 Å². The zero-order valence-electron chi connectivity index (χ0n) is 13.5. The van der Waals surface area contributed by atoms with Crippen LogP contribution >= 0.6 is 15.9 Å². The molecule has 0 bridgehead atoms. The maximum atomic E-state index is 12.8. The van der Waals surface area contributed by atoms with Crippen LogP contribution in [0.5, 0.6) is 0 Å². The van der Waals surface area contributed by atoms with Crippen LogP contribution in [0.25, 0.3) is 0 Å². The molecule has 22 heavy (non-hydrogen) atoms. The molecule has 1 unspecified atom stereocenters. The van der Waals surface area contributed by atoms with Crippen LogP contribution in [-0.4, -0.2) is 16.4 Å². The van der Waals surface area contributed by atoms with Crippen molar-refractivity contribution < 1.29 is 9.59 Å². The van der Waals surface area contributed by atoms with Gasteiger partial charge in [0, 0.05) is 16.2 Å². The Morgan fingerprint density at radius 2 is 1.91 bits per heavy atom. The summed E-state index contributed by atoms with van der Waals surface area (Å²) in [6.07, 6.45) is 11.1. The van der Waals surface area contributed by atoms with Crippen molar-refractivity contribution in [2.24, 2.45) is 34.5 Å². The summed E-state index contributed by atoms with van der Waals surface area (Å²) in [6, 6.07) is 0. The Morgan fingerprint density at radius 3 is 2.68 bits per heavy atom. The zero-order valence-corrected chi connectivity index (χ0v) is 15.1. The average molecular weight is 365 g/mol. The van der Waals surface area contributed by atoms with Gasteiger partial charge in [-0.25, -0.2) is 0 Å². The fourth-order valence-corrected chi connectivity index (χ4v) is 7.71. The Kier molecular flexibility index (Phi) is 3.28. The van der Waals surface area contributed by atoms with E-state index in [1.165, 1.54) is 31.8 Å². The fraction of sp³-hybridized carbons (Fsp3) is 0.789. The fourth-order valence-electron chi connectivity index (χ4n) is 6.56. The molecule has 3 heteroatoms. The second-order valence-electron chi connectivity index (χ2n) is 8.57. The summed E-state index contributed by atoms with van der Waals surface area (Å²) in [4.78, 5) is 25.2. The Labute approximate surface area is 141 Å². The molecule has 0 aromatic rings. The molecule has 0 amide bonds. The molecule has 0 N–H and O–H groups in total. The SMILES string of the molecule is C[C@@]12CCC[C@H]1[C@@H]1C[C@H](Br)C3C=CC(=O)C(=O)[C@]3(C)[C@H]1CC2. The highest BCUT2D eigenvalue weighted by Gasteiger charge is 2.62. The average Bonchev–Trinajstić information content (AvgIpc) is 2.86. The molecule has 0 aromatic heterocycles. The predicted octanol–water partition coefficient (Wildman–Crippen LogP) is 4.32. The van der Waals surface area contributed by atoms with E-state index in [-0.39, 0.29) is 17.5 Å². The van der Waals surface area contributed by atoms with E-state index >= 15 is 0 Å². The smallest absolute Gasteiger partial charge is 0.221 e. The molecule has 4 aliphatic carbocycles. The van der Waals surface area contributed by atoms with Crippen LogP contribution in [0.15, 0.2) is 12.2 Å². The second-order valence-corrected chi connectivity index (χ2v) is 9.75. The third kappa shape index (κ3) is 1.78. The Morgan fingerprint density at radius 1 is 1.14 bits per heavy atom. The van der Waals surface area contributed by atoms with Crippen molar-refractivity contribution in [1.82, 2.24) is 0 Å². The number of carbonyl (C=O) groups excluding carboxylic acids is 2. The number of Topliss-reactive ketones (excluding diaryl/α,β-unsaturated/α-hetero) is 1. The van der Waals surface area contributed by atoms with Gasteiger partial charge in [-0.15, -0.1) is 0 Å². The number of fused-ring (bicyclic) bond motifs is 5. The molecule has 4 rings (SSSR count). The topological polar surface area (TPSA) is 34.1 Å². The maximum absolute atomic E-state index is 12.8. The molecule has 0 spiro atoms. The lowest BCUT2D eigenvalue weighted by Crippen LogP contribution is -2.59. The summed E-state index contributed by atoms with van der Waals surface area (Å²) in [5.41, 5.74) is 0.00147. The first-order valence-corrected chi connectivity index (χ1v) is 9.70. The molecule has 3 fully saturated rings. The van der Waals surface area contributed by atoms with E-state index in [2.05, 4.69) is 29.8 Å². The highest BCUT2D eigenvalue weighted by atomic mass is 79.9. The van der Waals surface area contributed by atoms with Crippen molar-refractivity contribution in [2.75, 3.05) is 0 Å². The van der Waals surface area contributed by atoms with Crippen molar-refractivity contribution in [3.63, 3.8) is 0 Å². The molecule has 0 radical (unpaired) electrons. The summed E-state index contributed by atoms with van der Waals surface area (Å²) in [5.74, 6) is 1.53. The van der Waals surface area contributed by atoms with Gasteiger partial charge in [0.2, 0.25) is 11.6 Å². The van der Waals surface area contributed by atoms with E-state index in [1.54, 1.807) is 0 Å². The Balaban J connectivity index is 1.78. The van der Waals surface area contributed by atoms with Crippen LogP contribution < -0.4 is 0 Å². The zero-order chi connectivity index (χ0) is 15.7. The molecule has 120 valence electrons. The standard InChI is InChI=1S/C19H25BrO2/c1-18-8-3-4-12(18)11-10-15(20)14-5-6-16(21)17(22)19(14,2)13(11)7-9-18/h5-6,11-15H,3-4,7-10H2,1-2H3/t11-,12-,13-,14?,15-,18-,19+/m0/s1. The van der Waals surface area contributed by atoms with E-state index in [1.807, 2.05) is 6.08 Å². The number of hydrogen-bond donors (Lipinski definition) is 0. The lowest BCUT2D eigenvalue weighted by atomic mass is 9.46. The first-order chi connectivity index (χ1) is 10.4. The van der Waals surface area contributed by atoms with E-state index in [9.17, 15) is 9.59 Å². The molecule has 4 aliphatic rings. The molecule has 0 saturated heterocycles. The van der Waals surface area contributed by atoms with Gasteiger partial charge >= 0.3 is 0 Å². The molecule has 0 aromatic carbocycles. The molecule has 7 atom stereocenters. The quantitative estimate of drug-likeness (QED) is 0.473. The number of allylic oxidation sites excluding steroid dienone is 2. The van der Waals surface area contributed by atoms with Gasteiger partial charge in [0.25, 0.3) is 0 Å². The van der Waals surface area contributed by atoms with Gasteiger partial charge in [-0.05, 0) is 61.3 Å². The van der Waals surface area contributed by atoms with Gasteiger partial charge in [0.15, 0.2) is 0 Å². The Bertz CT molecular complexity index is 568. The van der Waals surface area contributed by atoms with E-state index < -0.39 is 5.41 Å². The summed E-state index contributed by atoms with van der Waals surface area (Å²) in [7, 11) is 0. The lowest BCUT2D eigenvalue weighted by molar-refractivity contribution is -0.153. The number of halogens is 1. The number of carbonyl (C=O) groups is 2. The molecular formula is C19H25BrO2. The number of ketones is 2. The minimum absolute atomic E-state index is 0.124. The highest BCUT2D eigenvalue weighted by molar-refractivity contribution is 9.09. The summed E-state index contributed by atoms with van der Waals surface area (Å²) in [6.45, 7) is 4.55. The van der Waals surface area contributed by atoms with Crippen LogP contribution in [0, 0.1) is 34.5 Å². The normalized spacial score (nSPS) is 53.9. The summed E-state index contributed by atoms with van der Waals surface area (Å²) >= 11 is 3.87. The predicted molar refractivity (Wildman–Crippen MR) is 89.7 cm³/mol. The monoisotopic (exact) mass is 364 g/mol. The van der Waals surface area contributed by atoms with E-state index in [0.29, 0.717) is 22.1 Å². The lowest BCUT2D eigenvalue weighted by Gasteiger charge is -2.58. The van der Waals surface area contributed by atoms with Crippen molar-refractivity contribution in [3.05, 3.63) is 12.2 Å². The summed E-state index contributed by atoms with van der Waals surface area (Å²) < 4.78 is 0. The van der Waals surface area contributed by atoms with Crippen molar-refractivity contribution in [2.45, 2.75) is 57.2 Å². The second kappa shape index (κ2) is 4.78. The van der Waals surface area contributed by atoms with Crippen LogP contribution in [0.2, 0.25) is 0 Å².